The Bertz CT molecular complexity index is 1570. The SMILES string of the molecule is CC/C=C\C/C=C\C/C=C\C/C=C\C/C=C\CCCC(=O)NC(COC1OC(CO)C(OC2OC(CO)C(O)C(O)C2O)C(O)C1O)C(O)/C=C/CC/C=C/CC/C=C/CCCCCCCCCCCCC. The molecule has 412 valence electrons. The first-order valence-electron chi connectivity index (χ1n) is 27.5. The molecular formula is C58H97NO13. The van der Waals surface area contributed by atoms with E-state index in [0.717, 1.165) is 57.8 Å². The first kappa shape index (κ1) is 65.0. The van der Waals surface area contributed by atoms with Crippen molar-refractivity contribution in [1.29, 1.82) is 0 Å². The second kappa shape index (κ2) is 43.2. The minimum atomic E-state index is -1.80. The molecule has 14 heteroatoms. The number of ether oxygens (including phenoxy) is 4. The monoisotopic (exact) mass is 1020 g/mol. The molecular weight excluding hydrogens is 919 g/mol. The zero-order valence-corrected chi connectivity index (χ0v) is 43.9. The van der Waals surface area contributed by atoms with Crippen molar-refractivity contribution in [2.75, 3.05) is 19.8 Å². The summed E-state index contributed by atoms with van der Waals surface area (Å²) in [6.45, 7) is 2.59. The van der Waals surface area contributed by atoms with E-state index >= 15 is 0 Å². The molecule has 0 saturated carbocycles. The molecule has 0 spiro atoms. The second-order valence-electron chi connectivity index (χ2n) is 19.0. The largest absolute Gasteiger partial charge is 0.394 e. The summed E-state index contributed by atoms with van der Waals surface area (Å²) >= 11 is 0. The van der Waals surface area contributed by atoms with Gasteiger partial charge < -0.3 is 65.1 Å². The average Bonchev–Trinajstić information content (AvgIpc) is 3.38. The van der Waals surface area contributed by atoms with E-state index < -0.39 is 86.8 Å². The molecule has 12 atom stereocenters. The van der Waals surface area contributed by atoms with E-state index in [4.69, 9.17) is 18.9 Å². The highest BCUT2D eigenvalue weighted by Gasteiger charge is 2.51. The van der Waals surface area contributed by atoms with Gasteiger partial charge in [0.1, 0.15) is 48.8 Å². The van der Waals surface area contributed by atoms with Crippen LogP contribution < -0.4 is 5.32 Å². The number of carbonyl (C=O) groups is 1. The number of rotatable bonds is 41. The predicted molar refractivity (Wildman–Crippen MR) is 286 cm³/mol. The lowest BCUT2D eigenvalue weighted by Gasteiger charge is -2.46. The number of amides is 1. The quantitative estimate of drug-likeness (QED) is 0.0208. The number of unbranched alkanes of at least 4 members (excludes halogenated alkanes) is 14. The number of carbonyl (C=O) groups excluding carboxylic acids is 1. The van der Waals surface area contributed by atoms with Gasteiger partial charge in [0.25, 0.3) is 0 Å². The van der Waals surface area contributed by atoms with Crippen molar-refractivity contribution < 1.29 is 64.6 Å². The molecule has 0 aromatic carbocycles. The molecule has 2 heterocycles. The fourth-order valence-corrected chi connectivity index (χ4v) is 8.30. The zero-order valence-electron chi connectivity index (χ0n) is 43.9. The molecule has 9 N–H and O–H groups in total. The van der Waals surface area contributed by atoms with E-state index in [1.807, 2.05) is 12.2 Å². The number of allylic oxidation sites excluding steroid dienone is 15. The van der Waals surface area contributed by atoms with E-state index in [-0.39, 0.29) is 18.9 Å². The molecule has 12 unspecified atom stereocenters. The number of hydrogen-bond acceptors (Lipinski definition) is 13. The van der Waals surface area contributed by atoms with Gasteiger partial charge in [0.05, 0.1) is 32.0 Å². The highest BCUT2D eigenvalue weighted by Crippen LogP contribution is 2.30. The molecule has 2 aliphatic rings. The molecule has 0 bridgehead atoms. The van der Waals surface area contributed by atoms with Crippen LogP contribution in [-0.4, -0.2) is 140 Å². The van der Waals surface area contributed by atoms with Gasteiger partial charge in [0.15, 0.2) is 12.6 Å². The Labute approximate surface area is 433 Å². The molecule has 2 fully saturated rings. The molecule has 0 aliphatic carbocycles. The molecule has 1 amide bonds. The van der Waals surface area contributed by atoms with Gasteiger partial charge in [-0.3, -0.25) is 4.79 Å². The van der Waals surface area contributed by atoms with Crippen LogP contribution in [0.15, 0.2) is 97.2 Å². The maximum absolute atomic E-state index is 13.2. The van der Waals surface area contributed by atoms with Crippen molar-refractivity contribution in [1.82, 2.24) is 5.32 Å². The summed E-state index contributed by atoms with van der Waals surface area (Å²) in [4.78, 5) is 13.2. The normalized spacial score (nSPS) is 26.4. The summed E-state index contributed by atoms with van der Waals surface area (Å²) in [6, 6.07) is -0.974. The van der Waals surface area contributed by atoms with Crippen LogP contribution >= 0.6 is 0 Å². The smallest absolute Gasteiger partial charge is 0.220 e. The number of nitrogens with one attached hydrogen (secondary N) is 1. The number of aliphatic hydroxyl groups excluding tert-OH is 8. The average molecular weight is 1020 g/mol. The third-order valence-corrected chi connectivity index (χ3v) is 12.7. The number of hydrogen-bond donors (Lipinski definition) is 9. The van der Waals surface area contributed by atoms with Crippen molar-refractivity contribution >= 4 is 5.91 Å². The Kier molecular flexibility index (Phi) is 39.0. The maximum atomic E-state index is 13.2. The van der Waals surface area contributed by atoms with Crippen LogP contribution in [0.5, 0.6) is 0 Å². The highest BCUT2D eigenvalue weighted by molar-refractivity contribution is 5.76. The van der Waals surface area contributed by atoms with Crippen LogP contribution in [0.3, 0.4) is 0 Å². The second-order valence-corrected chi connectivity index (χ2v) is 19.0. The summed E-state index contributed by atoms with van der Waals surface area (Å²) in [7, 11) is 0. The van der Waals surface area contributed by atoms with E-state index in [1.54, 1.807) is 6.08 Å². The summed E-state index contributed by atoms with van der Waals surface area (Å²) in [6.07, 6.45) is 41.7. The third kappa shape index (κ3) is 29.1. The standard InChI is InChI=1S/C58H97NO13/c1-3-5-7-9-11-13-15-17-19-21-22-23-24-26-27-29-31-33-35-37-39-41-47(62)46(59-50(63)42-40-38-36-34-32-30-28-25-20-18-16-14-12-10-8-6-4-2)45-69-57-55(68)53(66)56(49(44-61)71-57)72-58-54(67)52(65)51(64)48(43-60)70-58/h6,8,12,14,18,20,24,26,28,30-31,33-34,36,39,41,46-49,51-58,60-62,64-68H,3-5,7,9-11,13,15-17,19,21-23,25,27,29,32,35,37-38,40,42-45H2,1-2H3,(H,59,63)/b8-6-,14-12-,20-18-,26-24+,30-28-,33-31+,36-34-,41-39+. The topological polar surface area (TPSA) is 228 Å². The van der Waals surface area contributed by atoms with Crippen molar-refractivity contribution in [2.24, 2.45) is 0 Å². The van der Waals surface area contributed by atoms with Gasteiger partial charge in [-0.05, 0) is 83.5 Å². The first-order valence-corrected chi connectivity index (χ1v) is 27.5. The van der Waals surface area contributed by atoms with Crippen LogP contribution in [0, 0.1) is 0 Å². The Morgan fingerprint density at radius 1 is 0.514 bits per heavy atom. The fourth-order valence-electron chi connectivity index (χ4n) is 8.30. The summed E-state index contributed by atoms with van der Waals surface area (Å²) < 4.78 is 22.7. The molecule has 14 nitrogen and oxygen atoms in total. The van der Waals surface area contributed by atoms with Crippen LogP contribution in [0.4, 0.5) is 0 Å². The van der Waals surface area contributed by atoms with Crippen molar-refractivity contribution in [2.45, 2.75) is 242 Å². The highest BCUT2D eigenvalue weighted by atomic mass is 16.7. The van der Waals surface area contributed by atoms with Gasteiger partial charge >= 0.3 is 0 Å². The molecule has 2 aliphatic heterocycles. The van der Waals surface area contributed by atoms with Gasteiger partial charge in [0.2, 0.25) is 5.91 Å². The van der Waals surface area contributed by atoms with Crippen LogP contribution in [0.1, 0.15) is 168 Å². The molecule has 0 aromatic heterocycles. The maximum Gasteiger partial charge on any atom is 0.220 e. The zero-order chi connectivity index (χ0) is 52.4. The van der Waals surface area contributed by atoms with E-state index in [0.29, 0.717) is 19.3 Å². The Balaban J connectivity index is 1.87. The van der Waals surface area contributed by atoms with Crippen molar-refractivity contribution in [3.8, 4) is 0 Å². The minimum Gasteiger partial charge on any atom is -0.394 e. The Morgan fingerprint density at radius 2 is 0.972 bits per heavy atom. The first-order chi connectivity index (χ1) is 35.1. The Morgan fingerprint density at radius 3 is 1.53 bits per heavy atom. The van der Waals surface area contributed by atoms with Gasteiger partial charge in [-0.25, -0.2) is 0 Å². The van der Waals surface area contributed by atoms with E-state index in [1.165, 1.54) is 70.6 Å². The molecule has 0 radical (unpaired) electrons. The summed E-state index contributed by atoms with van der Waals surface area (Å²) in [5.41, 5.74) is 0. The van der Waals surface area contributed by atoms with Crippen molar-refractivity contribution in [3.05, 3.63) is 97.2 Å². The van der Waals surface area contributed by atoms with Gasteiger partial charge in [-0.15, -0.1) is 0 Å². The van der Waals surface area contributed by atoms with Crippen LogP contribution in [-0.2, 0) is 23.7 Å². The molecule has 0 aromatic rings. The lowest BCUT2D eigenvalue weighted by Crippen LogP contribution is -2.65. The summed E-state index contributed by atoms with van der Waals surface area (Å²) in [5, 5.41) is 86.8. The lowest BCUT2D eigenvalue weighted by atomic mass is 9.97. The third-order valence-electron chi connectivity index (χ3n) is 12.7. The Hall–Kier alpha value is -3.09. The molecule has 2 rings (SSSR count). The van der Waals surface area contributed by atoms with Gasteiger partial charge in [0, 0.05) is 6.42 Å². The van der Waals surface area contributed by atoms with E-state index in [9.17, 15) is 45.6 Å². The molecule has 2 saturated heterocycles. The van der Waals surface area contributed by atoms with Gasteiger partial charge in [-0.1, -0.05) is 175 Å². The fraction of sp³-hybridized carbons (Fsp3) is 0.707. The van der Waals surface area contributed by atoms with E-state index in [2.05, 4.69) is 98.2 Å². The van der Waals surface area contributed by atoms with Crippen LogP contribution in [0.25, 0.3) is 0 Å². The minimum absolute atomic E-state index is 0.186. The van der Waals surface area contributed by atoms with Gasteiger partial charge in [-0.2, -0.15) is 0 Å². The predicted octanol–water partition coefficient (Wildman–Crippen LogP) is 8.32. The molecule has 72 heavy (non-hydrogen) atoms. The number of aliphatic hydroxyl groups is 8. The van der Waals surface area contributed by atoms with Crippen LogP contribution in [0.2, 0.25) is 0 Å². The van der Waals surface area contributed by atoms with Crippen molar-refractivity contribution in [3.63, 3.8) is 0 Å². The lowest BCUT2D eigenvalue weighted by molar-refractivity contribution is -0.359. The summed E-state index contributed by atoms with van der Waals surface area (Å²) in [5.74, 6) is -0.314.